The highest BCUT2D eigenvalue weighted by atomic mass is 19.3. The van der Waals surface area contributed by atoms with Crippen molar-refractivity contribution in [2.45, 2.75) is 69.0 Å². The molecule has 0 bridgehead atoms. The fourth-order valence-corrected chi connectivity index (χ4v) is 8.82. The van der Waals surface area contributed by atoms with Gasteiger partial charge in [0.2, 0.25) is 0 Å². The Kier molecular flexibility index (Phi) is 17.7. The molecule has 17 heteroatoms. The molecular weight excluding hydrogens is 911 g/mol. The number of amides is 3. The average molecular weight is 967 g/mol. The van der Waals surface area contributed by atoms with Crippen LogP contribution in [0.5, 0.6) is 0 Å². The number of piperidine rings is 2. The largest absolute Gasteiger partial charge is 0.445 e. The minimum absolute atomic E-state index is 0.0626. The maximum Gasteiger partial charge on any atom is 0.410 e. The Hall–Kier alpha value is -7.79. The summed E-state index contributed by atoms with van der Waals surface area (Å²) in [6, 6.07) is 39.5. The van der Waals surface area contributed by atoms with E-state index in [0.717, 1.165) is 29.5 Å². The second-order valence-electron chi connectivity index (χ2n) is 17.5. The summed E-state index contributed by atoms with van der Waals surface area (Å²) in [4.78, 5) is 81.4. The zero-order valence-corrected chi connectivity index (χ0v) is 39.2. The van der Waals surface area contributed by atoms with Crippen LogP contribution < -0.4 is 11.1 Å². The number of ether oxygens (including phenoxy) is 2. The lowest BCUT2D eigenvalue weighted by molar-refractivity contribution is -0.131. The molecular formula is C54H56F2N8O7. The molecule has 0 unspecified atom stereocenters. The van der Waals surface area contributed by atoms with E-state index in [-0.39, 0.29) is 54.1 Å². The van der Waals surface area contributed by atoms with Crippen molar-refractivity contribution in [2.75, 3.05) is 39.3 Å². The lowest BCUT2D eigenvalue weighted by atomic mass is 9.70. The molecule has 0 aliphatic carbocycles. The highest BCUT2D eigenvalue weighted by Crippen LogP contribution is 2.40. The summed E-state index contributed by atoms with van der Waals surface area (Å²) in [6.45, 7) is 2.04. The molecule has 4 heterocycles. The van der Waals surface area contributed by atoms with Gasteiger partial charge in [-0.25, -0.2) is 29.5 Å². The van der Waals surface area contributed by atoms with E-state index in [1.54, 1.807) is 22.2 Å². The molecule has 8 rings (SSSR count). The molecule has 0 atom stereocenters. The van der Waals surface area contributed by atoms with Gasteiger partial charge in [0.1, 0.15) is 24.9 Å². The summed E-state index contributed by atoms with van der Waals surface area (Å²) in [5, 5.41) is 1.88. The van der Waals surface area contributed by atoms with Crippen molar-refractivity contribution in [3.05, 3.63) is 191 Å². The smallest absolute Gasteiger partial charge is 0.410 e. The second kappa shape index (κ2) is 24.7. The number of benzene rings is 4. The van der Waals surface area contributed by atoms with Crippen molar-refractivity contribution in [2.24, 2.45) is 5.73 Å². The van der Waals surface area contributed by atoms with Crippen LogP contribution in [0.15, 0.2) is 146 Å². The van der Waals surface area contributed by atoms with Gasteiger partial charge in [-0.15, -0.1) is 0 Å². The van der Waals surface area contributed by atoms with Gasteiger partial charge >= 0.3 is 18.6 Å². The van der Waals surface area contributed by atoms with Gasteiger partial charge in [0.05, 0.1) is 24.2 Å². The topological polar surface area (TPSA) is 200 Å². The van der Waals surface area contributed by atoms with Crippen LogP contribution in [0.25, 0.3) is 0 Å². The fourth-order valence-electron chi connectivity index (χ4n) is 8.82. The van der Waals surface area contributed by atoms with Crippen molar-refractivity contribution in [1.82, 2.24) is 35.1 Å². The van der Waals surface area contributed by atoms with Crippen LogP contribution in [0, 0.1) is 0 Å². The highest BCUT2D eigenvalue weighted by Gasteiger charge is 2.40. The van der Waals surface area contributed by atoms with Gasteiger partial charge < -0.3 is 30.3 Å². The molecule has 368 valence electrons. The van der Waals surface area contributed by atoms with E-state index < -0.39 is 24.7 Å². The molecule has 4 aromatic carbocycles. The first-order chi connectivity index (χ1) is 34.5. The van der Waals surface area contributed by atoms with Gasteiger partial charge in [-0.2, -0.15) is 8.78 Å². The number of rotatable bonds is 16. The molecule has 71 heavy (non-hydrogen) atoms. The van der Waals surface area contributed by atoms with E-state index in [4.69, 9.17) is 15.2 Å². The summed E-state index contributed by atoms with van der Waals surface area (Å²) in [5.74, 6) is -1.06. The summed E-state index contributed by atoms with van der Waals surface area (Å²) in [5.41, 5.74) is 9.65. The third-order valence-electron chi connectivity index (χ3n) is 13.0. The van der Waals surface area contributed by atoms with Crippen LogP contribution in [0.2, 0.25) is 0 Å². The predicted molar refractivity (Wildman–Crippen MR) is 259 cm³/mol. The first-order valence-electron chi connectivity index (χ1n) is 23.4. The Balaban J connectivity index is 0.000000211. The van der Waals surface area contributed by atoms with Gasteiger partial charge in [-0.1, -0.05) is 121 Å². The number of hydrogen-bond donors (Lipinski definition) is 2. The maximum absolute atomic E-state index is 12.7. The number of nitrogens with one attached hydrogen (secondary N) is 1. The summed E-state index contributed by atoms with van der Waals surface area (Å²) in [7, 11) is 0. The number of carbonyl (C=O) groups is 5. The zero-order valence-electron chi connectivity index (χ0n) is 39.2. The molecule has 3 amide bonds. The van der Waals surface area contributed by atoms with Crippen LogP contribution in [0.4, 0.5) is 18.4 Å². The SMILES string of the molecule is NCC(=O)c1cnc(CC2(c3ccccc3)CCN(C(=O)OCc3ccccc3)CC2)nc1.O=C(CNC(=O)C(F)F)c1cnc(CC2(c3ccccc3)CCN(C(=O)OCc3ccccc3)CC2)nc1. The Morgan fingerprint density at radius 2 is 0.901 bits per heavy atom. The Bertz CT molecular complexity index is 2670. The Morgan fingerprint density at radius 3 is 1.25 bits per heavy atom. The molecule has 2 saturated heterocycles. The standard InChI is InChI=1S/C28H28F2N4O4.C26H28N4O3/c29-25(30)26(36)33-18-23(35)21-16-31-24(32-17-21)15-28(22-9-5-2-6-10-22)11-13-34(14-12-28)27(37)38-19-20-7-3-1-4-8-20;27-16-23(31)21-17-28-24(29-18-21)15-26(22-9-5-2-6-10-22)11-13-30(14-12-26)25(32)33-19-20-7-3-1-4-8-20/h1-10,16-17,25H,11-15,18-19H2,(H,33,36);1-10,17-18H,11-16,19,27H2. The first-order valence-corrected chi connectivity index (χ1v) is 23.4. The first kappa shape index (κ1) is 51.1. The molecule has 2 aromatic heterocycles. The van der Waals surface area contributed by atoms with Gasteiger partial charge in [0.15, 0.2) is 11.6 Å². The summed E-state index contributed by atoms with van der Waals surface area (Å²) < 4.78 is 35.7. The zero-order chi connectivity index (χ0) is 50.1. The third kappa shape index (κ3) is 13.9. The average Bonchev–Trinajstić information content (AvgIpc) is 3.42. The van der Waals surface area contributed by atoms with Gasteiger partial charge in [-0.3, -0.25) is 14.4 Å². The molecule has 2 fully saturated rings. The van der Waals surface area contributed by atoms with Gasteiger partial charge in [0.25, 0.3) is 5.91 Å². The Morgan fingerprint density at radius 1 is 0.549 bits per heavy atom. The maximum atomic E-state index is 12.7. The number of hydrogen-bond acceptors (Lipinski definition) is 12. The van der Waals surface area contributed by atoms with Crippen LogP contribution in [-0.2, 0) is 51.2 Å². The normalized spacial score (nSPS) is 14.9. The molecule has 2 aliphatic heterocycles. The number of nitrogens with zero attached hydrogens (tertiary/aromatic N) is 6. The molecule has 2 aliphatic rings. The number of halogens is 2. The Labute approximate surface area is 410 Å². The molecule has 0 radical (unpaired) electrons. The summed E-state index contributed by atoms with van der Waals surface area (Å²) in [6.07, 6.45) is 5.93. The van der Waals surface area contributed by atoms with Gasteiger partial charge in [-0.05, 0) is 47.9 Å². The van der Waals surface area contributed by atoms with Crippen molar-refractivity contribution in [1.29, 1.82) is 0 Å². The number of carbonyl (C=O) groups excluding carboxylic acids is 5. The molecule has 0 saturated carbocycles. The van der Waals surface area contributed by atoms with E-state index in [1.807, 2.05) is 115 Å². The minimum Gasteiger partial charge on any atom is -0.445 e. The molecule has 6 aromatic rings. The molecule has 3 N–H and O–H groups in total. The van der Waals surface area contributed by atoms with E-state index >= 15 is 0 Å². The number of nitrogens with two attached hydrogens (primary N) is 1. The highest BCUT2D eigenvalue weighted by molar-refractivity contribution is 5.99. The van der Waals surface area contributed by atoms with Crippen molar-refractivity contribution in [3.8, 4) is 0 Å². The number of aromatic nitrogens is 4. The molecule has 15 nitrogen and oxygen atoms in total. The lowest BCUT2D eigenvalue weighted by Crippen LogP contribution is -2.46. The lowest BCUT2D eigenvalue weighted by Gasteiger charge is -2.41. The van der Waals surface area contributed by atoms with Crippen molar-refractivity contribution >= 4 is 29.7 Å². The number of alkyl halides is 2. The fraction of sp³-hybridized carbons (Fsp3) is 0.315. The van der Waals surface area contributed by atoms with E-state index in [9.17, 15) is 32.8 Å². The van der Waals surface area contributed by atoms with E-state index in [1.165, 1.54) is 18.0 Å². The number of likely N-dealkylation sites (tertiary alicyclic amines) is 2. The monoisotopic (exact) mass is 966 g/mol. The van der Waals surface area contributed by atoms with Crippen molar-refractivity contribution in [3.63, 3.8) is 0 Å². The van der Waals surface area contributed by atoms with E-state index in [0.29, 0.717) is 69.1 Å². The third-order valence-corrected chi connectivity index (χ3v) is 13.0. The van der Waals surface area contributed by atoms with Crippen molar-refractivity contribution < 1.29 is 42.2 Å². The quantitative estimate of drug-likeness (QED) is 0.0908. The van der Waals surface area contributed by atoms with Crippen LogP contribution in [0.3, 0.4) is 0 Å². The van der Waals surface area contributed by atoms with Crippen LogP contribution in [-0.4, -0.2) is 105 Å². The minimum atomic E-state index is -3.19. The number of Topliss-reactive ketones (excluding diaryl/α,β-unsaturated/α-hetero) is 2. The van der Waals surface area contributed by atoms with Gasteiger partial charge in [0, 0.05) is 74.6 Å². The predicted octanol–water partition coefficient (Wildman–Crippen LogP) is 7.48. The second-order valence-corrected chi connectivity index (χ2v) is 17.5. The molecule has 0 spiro atoms. The number of ketones is 2. The van der Waals surface area contributed by atoms with Crippen LogP contribution >= 0.6 is 0 Å². The van der Waals surface area contributed by atoms with Crippen LogP contribution in [0.1, 0.15) is 80.3 Å². The summed E-state index contributed by atoms with van der Waals surface area (Å²) >= 11 is 0. The van der Waals surface area contributed by atoms with E-state index in [2.05, 4.69) is 32.1 Å².